The SMILES string of the molecule is C=CC(=O)N1CCC(N2CC(=[NH2+])/C(=C\C(N)=Nc3ccc(N4CCN(C)CC4)cc3)N(C)C2=O)c2ccccc21. The number of urea groups is 1. The number of carbonyl (C=O) groups is 2. The number of aliphatic imine (C=N–C) groups is 1. The van der Waals surface area contributed by atoms with Crippen LogP contribution in [0.5, 0.6) is 0 Å². The number of piperazine rings is 1. The van der Waals surface area contributed by atoms with Gasteiger partial charge in [-0.1, -0.05) is 24.8 Å². The highest BCUT2D eigenvalue weighted by Gasteiger charge is 2.41. The first kappa shape index (κ1) is 27.1. The number of hydrogen-bond acceptors (Lipinski definition) is 5. The first-order valence-corrected chi connectivity index (χ1v) is 13.5. The van der Waals surface area contributed by atoms with E-state index in [1.54, 1.807) is 22.9 Å². The van der Waals surface area contributed by atoms with Crippen LogP contribution in [0.2, 0.25) is 0 Å². The second kappa shape index (κ2) is 11.4. The molecule has 3 aliphatic rings. The highest BCUT2D eigenvalue weighted by atomic mass is 16.2. The number of hydrogen-bond donors (Lipinski definition) is 2. The van der Waals surface area contributed by atoms with Crippen molar-refractivity contribution in [1.29, 1.82) is 0 Å². The Balaban J connectivity index is 1.31. The highest BCUT2D eigenvalue weighted by Crippen LogP contribution is 2.39. The van der Waals surface area contributed by atoms with E-state index < -0.39 is 0 Å². The van der Waals surface area contributed by atoms with Crippen LogP contribution in [-0.2, 0) is 4.79 Å². The number of anilines is 2. The minimum absolute atomic E-state index is 0.159. The minimum Gasteiger partial charge on any atom is -0.384 e. The predicted octanol–water partition coefficient (Wildman–Crippen LogP) is 1.54. The van der Waals surface area contributed by atoms with Crippen LogP contribution >= 0.6 is 0 Å². The van der Waals surface area contributed by atoms with Gasteiger partial charge in [0.25, 0.3) is 0 Å². The monoisotopic (exact) mass is 541 g/mol. The Kier molecular flexibility index (Phi) is 7.70. The maximum Gasteiger partial charge on any atom is 0.325 e. The summed E-state index contributed by atoms with van der Waals surface area (Å²) in [5, 5.41) is 6.52. The van der Waals surface area contributed by atoms with Gasteiger partial charge in [0.1, 0.15) is 18.1 Å². The van der Waals surface area contributed by atoms with Gasteiger partial charge in [-0.2, -0.15) is 0 Å². The van der Waals surface area contributed by atoms with E-state index in [1.807, 2.05) is 36.4 Å². The van der Waals surface area contributed by atoms with Crippen molar-refractivity contribution in [2.45, 2.75) is 12.5 Å². The predicted molar refractivity (Wildman–Crippen MR) is 159 cm³/mol. The van der Waals surface area contributed by atoms with Gasteiger partial charge in [-0.3, -0.25) is 15.1 Å². The van der Waals surface area contributed by atoms with Crippen LogP contribution in [0.25, 0.3) is 0 Å². The van der Waals surface area contributed by atoms with Crippen molar-refractivity contribution in [2.75, 3.05) is 63.2 Å². The lowest BCUT2D eigenvalue weighted by atomic mass is 9.94. The van der Waals surface area contributed by atoms with Crippen LogP contribution in [0.3, 0.4) is 0 Å². The van der Waals surface area contributed by atoms with Crippen LogP contribution in [0.1, 0.15) is 18.0 Å². The van der Waals surface area contributed by atoms with Gasteiger partial charge in [0, 0.05) is 57.2 Å². The molecule has 1 unspecified atom stereocenters. The van der Waals surface area contributed by atoms with Crippen LogP contribution in [0.15, 0.2) is 78.0 Å². The van der Waals surface area contributed by atoms with E-state index in [4.69, 9.17) is 11.1 Å². The molecular formula is C30H37N8O2+. The number of nitrogens with two attached hydrogens (primary N) is 2. The molecule has 10 nitrogen and oxygen atoms in total. The van der Waals surface area contributed by atoms with Crippen LogP contribution in [0, 0.1) is 0 Å². The van der Waals surface area contributed by atoms with E-state index >= 15 is 0 Å². The van der Waals surface area contributed by atoms with E-state index in [9.17, 15) is 9.59 Å². The van der Waals surface area contributed by atoms with Crippen LogP contribution in [-0.4, -0.2) is 91.5 Å². The molecule has 10 heteroatoms. The number of amides is 3. The summed E-state index contributed by atoms with van der Waals surface area (Å²) < 4.78 is 0. The topological polar surface area (TPSA) is 114 Å². The molecule has 0 spiro atoms. The number of rotatable bonds is 5. The van der Waals surface area contributed by atoms with Crippen LogP contribution < -0.4 is 20.9 Å². The van der Waals surface area contributed by atoms with Crippen LogP contribution in [0.4, 0.5) is 21.9 Å². The Labute approximate surface area is 235 Å². The Morgan fingerprint density at radius 1 is 1.05 bits per heavy atom. The summed E-state index contributed by atoms with van der Waals surface area (Å²) in [5.74, 6) is 0.105. The summed E-state index contributed by atoms with van der Waals surface area (Å²) in [6.07, 6.45) is 3.56. The Morgan fingerprint density at radius 3 is 2.45 bits per heavy atom. The first-order chi connectivity index (χ1) is 19.3. The summed E-state index contributed by atoms with van der Waals surface area (Å²) >= 11 is 0. The average Bonchev–Trinajstić information content (AvgIpc) is 2.97. The molecule has 2 fully saturated rings. The van der Waals surface area contributed by atoms with E-state index in [1.165, 1.54) is 16.7 Å². The molecule has 4 N–H and O–H groups in total. The molecule has 2 aromatic carbocycles. The number of amidine groups is 1. The van der Waals surface area contributed by atoms with Gasteiger partial charge in [-0.15, -0.1) is 0 Å². The molecule has 1 atom stereocenters. The molecule has 2 saturated heterocycles. The fourth-order valence-corrected chi connectivity index (χ4v) is 5.61. The van der Waals surface area contributed by atoms with E-state index in [-0.39, 0.29) is 30.4 Å². The number of carbonyl (C=O) groups excluding carboxylic acids is 2. The van der Waals surface area contributed by atoms with E-state index in [2.05, 4.69) is 40.6 Å². The Morgan fingerprint density at radius 2 is 1.75 bits per heavy atom. The average molecular weight is 542 g/mol. The van der Waals surface area contributed by atoms with Gasteiger partial charge in [-0.25, -0.2) is 9.79 Å². The number of likely N-dealkylation sites (N-methyl/N-ethyl adjacent to an activating group) is 1. The zero-order valence-corrected chi connectivity index (χ0v) is 23.2. The smallest absolute Gasteiger partial charge is 0.325 e. The molecule has 3 heterocycles. The van der Waals surface area contributed by atoms with Crippen molar-refractivity contribution in [3.8, 4) is 0 Å². The van der Waals surface area contributed by atoms with Crippen molar-refractivity contribution in [3.63, 3.8) is 0 Å². The summed E-state index contributed by atoms with van der Waals surface area (Å²) in [6, 6.07) is 15.3. The standard InChI is InChI=1S/C30H36N8O2/c1-4-29(39)37-14-13-26(23-7-5-6-8-25(23)37)38-20-24(31)27(35(3)30(38)40)19-28(32)33-21-9-11-22(12-10-21)36-17-15-34(2)16-18-36/h4-12,19,26,31H,1,13-18,20H2,2-3H3,(H2,32,33)/p+1/b27-19+,31-24?. The number of nitrogens with zero attached hydrogens (tertiary/aromatic N) is 6. The molecule has 0 saturated carbocycles. The molecule has 208 valence electrons. The molecule has 0 bridgehead atoms. The van der Waals surface area contributed by atoms with Gasteiger partial charge < -0.3 is 25.3 Å². The lowest BCUT2D eigenvalue weighted by Crippen LogP contribution is -2.60. The quantitative estimate of drug-likeness (QED) is 0.339. The highest BCUT2D eigenvalue weighted by molar-refractivity contribution is 6.09. The van der Waals surface area contributed by atoms with Gasteiger partial charge in [0.2, 0.25) is 11.6 Å². The normalized spacial score (nSPS) is 21.6. The maximum absolute atomic E-state index is 13.6. The summed E-state index contributed by atoms with van der Waals surface area (Å²) in [5.41, 5.74) is 10.9. The maximum atomic E-state index is 13.6. The summed E-state index contributed by atoms with van der Waals surface area (Å²) in [4.78, 5) is 40.2. The molecule has 3 amide bonds. The van der Waals surface area contributed by atoms with Gasteiger partial charge in [0.05, 0.1) is 11.7 Å². The largest absolute Gasteiger partial charge is 0.384 e. The minimum atomic E-state index is -0.218. The third kappa shape index (κ3) is 5.35. The third-order valence-corrected chi connectivity index (χ3v) is 7.85. The van der Waals surface area contributed by atoms with Crippen molar-refractivity contribution in [1.82, 2.24) is 14.7 Å². The van der Waals surface area contributed by atoms with Gasteiger partial charge >= 0.3 is 6.03 Å². The summed E-state index contributed by atoms with van der Waals surface area (Å²) in [7, 11) is 3.83. The molecular weight excluding hydrogens is 504 g/mol. The molecule has 5 rings (SSSR count). The van der Waals surface area contributed by atoms with Gasteiger partial charge in [-0.05, 0) is 55.4 Å². The third-order valence-electron chi connectivity index (χ3n) is 7.85. The molecule has 0 radical (unpaired) electrons. The van der Waals surface area contributed by atoms with E-state index in [0.29, 0.717) is 24.4 Å². The zero-order valence-electron chi connectivity index (χ0n) is 23.2. The fourth-order valence-electron chi connectivity index (χ4n) is 5.61. The number of fused-ring (bicyclic) bond motifs is 1. The molecule has 3 aliphatic heterocycles. The first-order valence-electron chi connectivity index (χ1n) is 13.5. The zero-order chi connectivity index (χ0) is 28.4. The molecule has 0 aliphatic carbocycles. The van der Waals surface area contributed by atoms with Crippen molar-refractivity contribution in [3.05, 3.63) is 78.5 Å². The lowest BCUT2D eigenvalue weighted by Gasteiger charge is -2.42. The second-order valence-electron chi connectivity index (χ2n) is 10.4. The molecule has 40 heavy (non-hydrogen) atoms. The number of benzene rings is 2. The molecule has 0 aromatic heterocycles. The molecule has 2 aromatic rings. The lowest BCUT2D eigenvalue weighted by molar-refractivity contribution is -0.119. The number of para-hydroxylation sites is 1. The second-order valence-corrected chi connectivity index (χ2v) is 10.4. The van der Waals surface area contributed by atoms with Crippen molar-refractivity contribution < 1.29 is 15.0 Å². The fraction of sp³-hybridized carbons (Fsp3) is 0.333. The van der Waals surface area contributed by atoms with Crippen molar-refractivity contribution in [2.24, 2.45) is 10.7 Å². The Bertz CT molecular complexity index is 1370. The summed E-state index contributed by atoms with van der Waals surface area (Å²) in [6.45, 7) is 8.43. The van der Waals surface area contributed by atoms with E-state index in [0.717, 1.165) is 43.1 Å². The Hall–Kier alpha value is -4.44. The van der Waals surface area contributed by atoms with Crippen molar-refractivity contribution >= 4 is 40.5 Å². The van der Waals surface area contributed by atoms with Gasteiger partial charge in [0.15, 0.2) is 0 Å².